The molecule has 0 bridgehead atoms. The number of esters is 1. The minimum atomic E-state index is -0.224. The molecule has 0 amide bonds. The van der Waals surface area contributed by atoms with Gasteiger partial charge < -0.3 is 14.8 Å². The zero-order chi connectivity index (χ0) is 14.2. The Kier molecular flexibility index (Phi) is 6.23. The molecule has 1 aromatic rings. The van der Waals surface area contributed by atoms with E-state index in [4.69, 9.17) is 9.47 Å². The van der Waals surface area contributed by atoms with Gasteiger partial charge in [0.05, 0.1) is 31.9 Å². The molecule has 1 aliphatic heterocycles. The van der Waals surface area contributed by atoms with Crippen molar-refractivity contribution in [2.75, 3.05) is 51.3 Å². The zero-order valence-corrected chi connectivity index (χ0v) is 12.6. The number of morpholine rings is 1. The molecule has 0 aromatic carbocycles. The highest BCUT2D eigenvalue weighted by atomic mass is 32.1. The van der Waals surface area contributed by atoms with E-state index in [1.54, 1.807) is 6.92 Å². The first-order valence-electron chi connectivity index (χ1n) is 6.92. The lowest BCUT2D eigenvalue weighted by molar-refractivity contribution is -0.142. The predicted molar refractivity (Wildman–Crippen MR) is 78.2 cm³/mol. The maximum Gasteiger partial charge on any atom is 0.311 e. The molecule has 1 N–H and O–H groups in total. The maximum atomic E-state index is 11.3. The molecule has 0 aliphatic carbocycles. The summed E-state index contributed by atoms with van der Waals surface area (Å²) in [4.78, 5) is 18.1. The van der Waals surface area contributed by atoms with Crippen molar-refractivity contribution < 1.29 is 14.3 Å². The van der Waals surface area contributed by atoms with E-state index < -0.39 is 0 Å². The van der Waals surface area contributed by atoms with Crippen LogP contribution in [0.3, 0.4) is 0 Å². The Morgan fingerprint density at radius 3 is 3.10 bits per heavy atom. The Labute approximate surface area is 123 Å². The Bertz CT molecular complexity index is 419. The van der Waals surface area contributed by atoms with Crippen LogP contribution in [0.25, 0.3) is 0 Å². The molecule has 6 nitrogen and oxygen atoms in total. The second kappa shape index (κ2) is 8.18. The Morgan fingerprint density at radius 1 is 1.55 bits per heavy atom. The van der Waals surface area contributed by atoms with Crippen LogP contribution in [0.2, 0.25) is 0 Å². The molecule has 2 heterocycles. The van der Waals surface area contributed by atoms with Crippen molar-refractivity contribution >= 4 is 22.4 Å². The number of hydrogen-bond donors (Lipinski definition) is 1. The van der Waals surface area contributed by atoms with E-state index in [0.29, 0.717) is 6.61 Å². The van der Waals surface area contributed by atoms with Crippen molar-refractivity contribution in [3.63, 3.8) is 0 Å². The maximum absolute atomic E-state index is 11.3. The van der Waals surface area contributed by atoms with Crippen LogP contribution in [0.4, 0.5) is 5.13 Å². The number of aromatic nitrogens is 1. The smallest absolute Gasteiger partial charge is 0.311 e. The molecule has 0 unspecified atom stereocenters. The second-order valence-corrected chi connectivity index (χ2v) is 5.36. The summed E-state index contributed by atoms with van der Waals surface area (Å²) in [5.74, 6) is -0.224. The quantitative estimate of drug-likeness (QED) is 0.758. The van der Waals surface area contributed by atoms with Gasteiger partial charge in [0.1, 0.15) is 0 Å². The number of anilines is 1. The highest BCUT2D eigenvalue weighted by Gasteiger charge is 2.11. The van der Waals surface area contributed by atoms with E-state index in [1.807, 2.05) is 5.38 Å². The third-order valence-corrected chi connectivity index (χ3v) is 3.84. The average molecular weight is 299 g/mol. The summed E-state index contributed by atoms with van der Waals surface area (Å²) in [5, 5.41) is 6.05. The molecule has 0 spiro atoms. The minimum Gasteiger partial charge on any atom is -0.466 e. The number of carbonyl (C=O) groups is 1. The molecule has 20 heavy (non-hydrogen) atoms. The molecule has 7 heteroatoms. The van der Waals surface area contributed by atoms with E-state index in [2.05, 4.69) is 15.2 Å². The Balaban J connectivity index is 1.68. The van der Waals surface area contributed by atoms with Crippen LogP contribution in [0.15, 0.2) is 5.38 Å². The van der Waals surface area contributed by atoms with Gasteiger partial charge in [-0.15, -0.1) is 11.3 Å². The van der Waals surface area contributed by atoms with Crippen LogP contribution in [0.5, 0.6) is 0 Å². The first-order valence-corrected chi connectivity index (χ1v) is 7.80. The molecule has 1 aliphatic rings. The monoisotopic (exact) mass is 299 g/mol. The number of nitrogens with one attached hydrogen (secondary N) is 1. The lowest BCUT2D eigenvalue weighted by Gasteiger charge is -2.26. The van der Waals surface area contributed by atoms with E-state index in [9.17, 15) is 4.79 Å². The normalized spacial score (nSPS) is 16.1. The van der Waals surface area contributed by atoms with Crippen LogP contribution in [0, 0.1) is 0 Å². The largest absolute Gasteiger partial charge is 0.466 e. The molecule has 0 radical (unpaired) electrons. The topological polar surface area (TPSA) is 63.7 Å². The molecule has 0 saturated carbocycles. The average Bonchev–Trinajstić information content (AvgIpc) is 2.88. The van der Waals surface area contributed by atoms with Gasteiger partial charge in [0.2, 0.25) is 0 Å². The summed E-state index contributed by atoms with van der Waals surface area (Å²) in [6, 6.07) is 0. The van der Waals surface area contributed by atoms with Gasteiger partial charge in [0.25, 0.3) is 0 Å². The van der Waals surface area contributed by atoms with Crippen LogP contribution in [-0.2, 0) is 20.7 Å². The molecule has 112 valence electrons. The molecule has 1 aromatic heterocycles. The molecular weight excluding hydrogens is 278 g/mol. The number of rotatable bonds is 7. The second-order valence-electron chi connectivity index (χ2n) is 4.51. The van der Waals surface area contributed by atoms with Gasteiger partial charge in [0.15, 0.2) is 5.13 Å². The number of nitrogens with zero attached hydrogens (tertiary/aromatic N) is 2. The summed E-state index contributed by atoms with van der Waals surface area (Å²) >= 11 is 1.52. The van der Waals surface area contributed by atoms with Crippen LogP contribution >= 0.6 is 11.3 Å². The van der Waals surface area contributed by atoms with Crippen LogP contribution < -0.4 is 5.32 Å². The van der Waals surface area contributed by atoms with Crippen molar-refractivity contribution in [1.82, 2.24) is 9.88 Å². The van der Waals surface area contributed by atoms with Gasteiger partial charge >= 0.3 is 5.97 Å². The predicted octanol–water partition coefficient (Wildman–Crippen LogP) is 0.993. The van der Waals surface area contributed by atoms with Gasteiger partial charge in [-0.1, -0.05) is 0 Å². The lowest BCUT2D eigenvalue weighted by atomic mass is 10.3. The highest BCUT2D eigenvalue weighted by molar-refractivity contribution is 7.13. The molecule has 1 fully saturated rings. The number of thiazole rings is 1. The fraction of sp³-hybridized carbons (Fsp3) is 0.692. The fourth-order valence-electron chi connectivity index (χ4n) is 1.97. The minimum absolute atomic E-state index is 0.224. The van der Waals surface area contributed by atoms with Gasteiger partial charge in [-0.05, 0) is 6.92 Å². The summed E-state index contributed by atoms with van der Waals surface area (Å²) in [5.41, 5.74) is 0.766. The van der Waals surface area contributed by atoms with Crippen LogP contribution in [0.1, 0.15) is 12.6 Å². The molecule has 2 rings (SSSR count). The summed E-state index contributed by atoms with van der Waals surface area (Å²) in [6.45, 7) is 7.68. The van der Waals surface area contributed by atoms with Gasteiger partial charge in [-0.3, -0.25) is 9.69 Å². The number of hydrogen-bond acceptors (Lipinski definition) is 7. The lowest BCUT2D eigenvalue weighted by Crippen LogP contribution is -2.38. The van der Waals surface area contributed by atoms with Crippen LogP contribution in [-0.4, -0.2) is 61.9 Å². The Hall–Kier alpha value is -1.18. The first kappa shape index (κ1) is 15.2. The van der Waals surface area contributed by atoms with Crippen molar-refractivity contribution in [3.8, 4) is 0 Å². The standard InChI is InChI=1S/C13H21N3O3S/c1-2-19-12(17)9-11-10-20-13(15-11)14-3-4-16-5-7-18-8-6-16/h10H,2-9H2,1H3,(H,14,15). The SMILES string of the molecule is CCOC(=O)Cc1csc(NCCN2CCOCC2)n1. The van der Waals surface area contributed by atoms with Gasteiger partial charge in [-0.2, -0.15) is 0 Å². The zero-order valence-electron chi connectivity index (χ0n) is 11.8. The van der Waals surface area contributed by atoms with Crippen molar-refractivity contribution in [2.24, 2.45) is 0 Å². The van der Waals surface area contributed by atoms with Gasteiger partial charge in [0, 0.05) is 31.6 Å². The third-order valence-electron chi connectivity index (χ3n) is 2.99. The Morgan fingerprint density at radius 2 is 2.35 bits per heavy atom. The van der Waals surface area contributed by atoms with E-state index in [1.165, 1.54) is 11.3 Å². The highest BCUT2D eigenvalue weighted by Crippen LogP contribution is 2.15. The van der Waals surface area contributed by atoms with E-state index in [-0.39, 0.29) is 12.4 Å². The van der Waals surface area contributed by atoms with E-state index in [0.717, 1.165) is 50.2 Å². The summed E-state index contributed by atoms with van der Waals surface area (Å²) in [7, 11) is 0. The van der Waals surface area contributed by atoms with Gasteiger partial charge in [-0.25, -0.2) is 4.98 Å². The molecular formula is C13H21N3O3S. The van der Waals surface area contributed by atoms with Crippen molar-refractivity contribution in [2.45, 2.75) is 13.3 Å². The number of carbonyl (C=O) groups excluding carboxylic acids is 1. The fourth-order valence-corrected chi connectivity index (χ4v) is 2.71. The number of ether oxygens (including phenoxy) is 2. The molecule has 0 atom stereocenters. The first-order chi connectivity index (χ1) is 9.78. The molecule has 1 saturated heterocycles. The third kappa shape index (κ3) is 5.07. The van der Waals surface area contributed by atoms with E-state index >= 15 is 0 Å². The van der Waals surface area contributed by atoms with Crippen molar-refractivity contribution in [1.29, 1.82) is 0 Å². The summed E-state index contributed by atoms with van der Waals surface area (Å²) in [6.07, 6.45) is 0.246. The van der Waals surface area contributed by atoms with Crippen molar-refractivity contribution in [3.05, 3.63) is 11.1 Å². The summed E-state index contributed by atoms with van der Waals surface area (Å²) < 4.78 is 10.2.